The average molecular weight is 286 g/mol. The quantitative estimate of drug-likeness (QED) is 0.904. The number of rotatable bonds is 2. The Balaban J connectivity index is 1.81. The molecule has 3 atom stereocenters. The zero-order valence-corrected chi connectivity index (χ0v) is 11.0. The number of hydrogen-bond acceptors (Lipinski definition) is 3. The lowest BCUT2D eigenvalue weighted by molar-refractivity contribution is -0.137. The summed E-state index contributed by atoms with van der Waals surface area (Å²) in [5.74, 6) is 0.240. The lowest BCUT2D eigenvalue weighted by Crippen LogP contribution is -2.38. The number of pyridine rings is 1. The maximum absolute atomic E-state index is 13.0. The monoisotopic (exact) mass is 286 g/mol. The number of fused-ring (bicyclic) bond motifs is 1. The average Bonchev–Trinajstić information content (AvgIpc) is 2.87. The molecule has 3 unspecified atom stereocenters. The van der Waals surface area contributed by atoms with Gasteiger partial charge >= 0.3 is 6.18 Å². The Hall–Kier alpha value is -1.30. The minimum Gasteiger partial charge on any atom is -0.378 e. The molecule has 0 spiro atoms. The number of aromatic nitrogens is 1. The molecule has 1 aromatic heterocycles. The SMILES string of the molecule is FC(F)(F)c1cccnc1NC1CCCC2OCCC12. The molecule has 2 fully saturated rings. The third-order valence-corrected chi connectivity index (χ3v) is 4.22. The summed E-state index contributed by atoms with van der Waals surface area (Å²) in [6.45, 7) is 0.710. The predicted octanol–water partition coefficient (Wildman–Crippen LogP) is 3.47. The van der Waals surface area contributed by atoms with Crippen molar-refractivity contribution < 1.29 is 17.9 Å². The van der Waals surface area contributed by atoms with Gasteiger partial charge in [0.2, 0.25) is 0 Å². The minimum absolute atomic E-state index is 0.0206. The van der Waals surface area contributed by atoms with E-state index in [-0.39, 0.29) is 18.0 Å². The molecule has 110 valence electrons. The van der Waals surface area contributed by atoms with Gasteiger partial charge in [-0.3, -0.25) is 0 Å². The van der Waals surface area contributed by atoms with Gasteiger partial charge in [-0.2, -0.15) is 13.2 Å². The first-order chi connectivity index (χ1) is 9.55. The first kappa shape index (κ1) is 13.7. The van der Waals surface area contributed by atoms with E-state index in [0.29, 0.717) is 12.5 Å². The molecule has 20 heavy (non-hydrogen) atoms. The second kappa shape index (κ2) is 5.24. The van der Waals surface area contributed by atoms with Crippen LogP contribution in [0.15, 0.2) is 18.3 Å². The Morgan fingerprint density at radius 3 is 2.90 bits per heavy atom. The van der Waals surface area contributed by atoms with Crippen LogP contribution < -0.4 is 5.32 Å². The van der Waals surface area contributed by atoms with Crippen molar-refractivity contribution in [3.63, 3.8) is 0 Å². The van der Waals surface area contributed by atoms with Crippen LogP contribution >= 0.6 is 0 Å². The van der Waals surface area contributed by atoms with E-state index < -0.39 is 11.7 Å². The standard InChI is InChI=1S/C14H17F3N2O/c15-14(16,17)10-3-2-7-18-13(10)19-11-4-1-5-12-9(11)6-8-20-12/h2-3,7,9,11-12H,1,4-6,8H2,(H,18,19). The highest BCUT2D eigenvalue weighted by Gasteiger charge is 2.40. The summed E-state index contributed by atoms with van der Waals surface area (Å²) >= 11 is 0. The van der Waals surface area contributed by atoms with E-state index in [1.807, 2.05) is 0 Å². The maximum Gasteiger partial charge on any atom is 0.419 e. The van der Waals surface area contributed by atoms with Gasteiger partial charge in [-0.15, -0.1) is 0 Å². The van der Waals surface area contributed by atoms with Crippen LogP contribution in [0.1, 0.15) is 31.2 Å². The molecule has 0 radical (unpaired) electrons. The second-order valence-electron chi connectivity index (χ2n) is 5.44. The van der Waals surface area contributed by atoms with E-state index >= 15 is 0 Å². The first-order valence-electron chi connectivity index (χ1n) is 6.96. The van der Waals surface area contributed by atoms with Crippen molar-refractivity contribution in [2.24, 2.45) is 5.92 Å². The second-order valence-corrected chi connectivity index (χ2v) is 5.44. The van der Waals surface area contributed by atoms with Crippen LogP contribution in [-0.2, 0) is 10.9 Å². The van der Waals surface area contributed by atoms with Crippen molar-refractivity contribution in [2.45, 2.75) is 44.0 Å². The van der Waals surface area contributed by atoms with Crippen LogP contribution in [0.5, 0.6) is 0 Å². The fourth-order valence-electron chi connectivity index (χ4n) is 3.28. The van der Waals surface area contributed by atoms with Crippen LogP contribution in [0.3, 0.4) is 0 Å². The molecule has 6 heteroatoms. The van der Waals surface area contributed by atoms with Gasteiger partial charge in [0, 0.05) is 24.8 Å². The first-order valence-corrected chi connectivity index (χ1v) is 6.96. The number of alkyl halides is 3. The third-order valence-electron chi connectivity index (χ3n) is 4.22. The van der Waals surface area contributed by atoms with Gasteiger partial charge in [0.15, 0.2) is 0 Å². The molecular weight excluding hydrogens is 269 g/mol. The molecule has 1 N–H and O–H groups in total. The highest BCUT2D eigenvalue weighted by Crippen LogP contribution is 2.38. The highest BCUT2D eigenvalue weighted by molar-refractivity contribution is 5.46. The molecule has 3 nitrogen and oxygen atoms in total. The van der Waals surface area contributed by atoms with Crippen LogP contribution in [0.25, 0.3) is 0 Å². The summed E-state index contributed by atoms with van der Waals surface area (Å²) in [6.07, 6.45) is 0.984. The lowest BCUT2D eigenvalue weighted by atomic mass is 9.82. The van der Waals surface area contributed by atoms with E-state index in [4.69, 9.17) is 4.74 Å². The third kappa shape index (κ3) is 2.61. The Morgan fingerprint density at radius 2 is 2.10 bits per heavy atom. The van der Waals surface area contributed by atoms with E-state index in [1.165, 1.54) is 12.3 Å². The van der Waals surface area contributed by atoms with E-state index in [2.05, 4.69) is 10.3 Å². The van der Waals surface area contributed by atoms with E-state index in [0.717, 1.165) is 31.7 Å². The van der Waals surface area contributed by atoms with Crippen LogP contribution in [-0.4, -0.2) is 23.7 Å². The maximum atomic E-state index is 13.0. The Kier molecular flexibility index (Phi) is 3.58. The van der Waals surface area contributed by atoms with Gasteiger partial charge in [-0.05, 0) is 37.8 Å². The number of ether oxygens (including phenoxy) is 1. The van der Waals surface area contributed by atoms with E-state index in [9.17, 15) is 13.2 Å². The summed E-state index contributed by atoms with van der Waals surface area (Å²) in [7, 11) is 0. The summed E-state index contributed by atoms with van der Waals surface area (Å²) in [5, 5.41) is 3.02. The molecule has 1 aromatic rings. The zero-order valence-electron chi connectivity index (χ0n) is 11.0. The topological polar surface area (TPSA) is 34.2 Å². The zero-order chi connectivity index (χ0) is 14.2. The highest BCUT2D eigenvalue weighted by atomic mass is 19.4. The summed E-state index contributed by atoms with van der Waals surface area (Å²) in [4.78, 5) is 3.88. The van der Waals surface area contributed by atoms with Gasteiger partial charge < -0.3 is 10.1 Å². The normalized spacial score (nSPS) is 30.1. The van der Waals surface area contributed by atoms with Crippen molar-refractivity contribution in [1.82, 2.24) is 4.98 Å². The minimum atomic E-state index is -4.38. The van der Waals surface area contributed by atoms with Crippen molar-refractivity contribution in [3.05, 3.63) is 23.9 Å². The largest absolute Gasteiger partial charge is 0.419 e. The van der Waals surface area contributed by atoms with Gasteiger partial charge in [-0.25, -0.2) is 4.98 Å². The van der Waals surface area contributed by atoms with Crippen molar-refractivity contribution >= 4 is 5.82 Å². The smallest absolute Gasteiger partial charge is 0.378 e. The molecule has 0 aromatic carbocycles. The number of nitrogens with zero attached hydrogens (tertiary/aromatic N) is 1. The van der Waals surface area contributed by atoms with Gasteiger partial charge in [0.05, 0.1) is 11.7 Å². The van der Waals surface area contributed by atoms with Gasteiger partial charge in [0.25, 0.3) is 0 Å². The Bertz CT molecular complexity index is 478. The van der Waals surface area contributed by atoms with Crippen LogP contribution in [0.2, 0.25) is 0 Å². The molecular formula is C14H17F3N2O. The molecule has 1 aliphatic carbocycles. The molecule has 1 saturated carbocycles. The lowest BCUT2D eigenvalue weighted by Gasteiger charge is -2.34. The number of anilines is 1. The fraction of sp³-hybridized carbons (Fsp3) is 0.643. The number of halogens is 3. The van der Waals surface area contributed by atoms with Crippen molar-refractivity contribution in [2.75, 3.05) is 11.9 Å². The van der Waals surface area contributed by atoms with E-state index in [1.54, 1.807) is 0 Å². The molecule has 1 saturated heterocycles. The van der Waals surface area contributed by atoms with Crippen molar-refractivity contribution in [3.8, 4) is 0 Å². The molecule has 0 amide bonds. The molecule has 2 aliphatic rings. The molecule has 0 bridgehead atoms. The number of nitrogens with one attached hydrogen (secondary N) is 1. The van der Waals surface area contributed by atoms with Crippen molar-refractivity contribution in [1.29, 1.82) is 0 Å². The van der Waals surface area contributed by atoms with Gasteiger partial charge in [-0.1, -0.05) is 0 Å². The Morgan fingerprint density at radius 1 is 1.25 bits per heavy atom. The molecule has 3 rings (SSSR count). The van der Waals surface area contributed by atoms with Crippen LogP contribution in [0.4, 0.5) is 19.0 Å². The van der Waals surface area contributed by atoms with Gasteiger partial charge in [0.1, 0.15) is 5.82 Å². The van der Waals surface area contributed by atoms with Crippen LogP contribution in [0, 0.1) is 5.92 Å². The fourth-order valence-corrected chi connectivity index (χ4v) is 3.28. The molecule has 1 aliphatic heterocycles. The molecule has 2 heterocycles. The summed E-state index contributed by atoms with van der Waals surface area (Å²) < 4.78 is 44.5. The number of hydrogen-bond donors (Lipinski definition) is 1. The predicted molar refractivity (Wildman–Crippen MR) is 68.3 cm³/mol. The summed E-state index contributed by atoms with van der Waals surface area (Å²) in [5.41, 5.74) is -0.693. The summed E-state index contributed by atoms with van der Waals surface area (Å²) in [6, 6.07) is 2.41. The Labute approximate surface area is 115 Å².